The van der Waals surface area contributed by atoms with Crippen molar-refractivity contribution in [1.29, 1.82) is 0 Å². The zero-order valence-electron chi connectivity index (χ0n) is 14.5. The molecule has 1 unspecified atom stereocenters. The third kappa shape index (κ3) is 17.9. The minimum Gasteiger partial charge on any atom is -0.396 e. The van der Waals surface area contributed by atoms with Crippen molar-refractivity contribution in [3.63, 3.8) is 0 Å². The first-order valence-electron chi connectivity index (χ1n) is 9.60. The summed E-state index contributed by atoms with van der Waals surface area (Å²) in [6, 6.07) is 0. The fourth-order valence-corrected chi connectivity index (χ4v) is 2.86. The third-order valence-electron chi connectivity index (χ3n) is 4.34. The maximum absolute atomic E-state index is 9.87. The van der Waals surface area contributed by atoms with Gasteiger partial charge in [0.2, 0.25) is 0 Å². The molecular weight excluding hydrogens is 260 g/mol. The Bertz CT molecular complexity index is 182. The summed E-state index contributed by atoms with van der Waals surface area (Å²) in [6.45, 7) is 2.58. The van der Waals surface area contributed by atoms with Gasteiger partial charge in [0.05, 0.1) is 6.10 Å². The Morgan fingerprint density at radius 3 is 1.38 bits per heavy atom. The highest BCUT2D eigenvalue weighted by molar-refractivity contribution is 4.57. The van der Waals surface area contributed by atoms with Gasteiger partial charge in [-0.2, -0.15) is 0 Å². The molecule has 0 heterocycles. The van der Waals surface area contributed by atoms with Gasteiger partial charge in [-0.3, -0.25) is 0 Å². The van der Waals surface area contributed by atoms with E-state index < -0.39 is 0 Å². The average Bonchev–Trinajstić information content (AvgIpc) is 2.49. The van der Waals surface area contributed by atoms with Crippen LogP contribution in [0.4, 0.5) is 0 Å². The van der Waals surface area contributed by atoms with Crippen molar-refractivity contribution in [3.8, 4) is 0 Å². The van der Waals surface area contributed by atoms with E-state index in [2.05, 4.69) is 6.92 Å². The van der Waals surface area contributed by atoms with E-state index in [-0.39, 0.29) is 6.10 Å². The van der Waals surface area contributed by atoms with E-state index in [0.29, 0.717) is 6.61 Å². The Morgan fingerprint density at radius 2 is 0.952 bits per heavy atom. The number of hydrogen-bond acceptors (Lipinski definition) is 2. The SMILES string of the molecule is CCCCCCC(O)CCCCCCCCCCCCO. The molecule has 128 valence electrons. The van der Waals surface area contributed by atoms with Gasteiger partial charge in [-0.25, -0.2) is 0 Å². The van der Waals surface area contributed by atoms with E-state index >= 15 is 0 Å². The lowest BCUT2D eigenvalue weighted by atomic mass is 10.0. The Kier molecular flexibility index (Phi) is 17.9. The molecule has 0 rings (SSSR count). The molecule has 2 nitrogen and oxygen atoms in total. The molecule has 0 aromatic carbocycles. The van der Waals surface area contributed by atoms with Crippen LogP contribution in [0.15, 0.2) is 0 Å². The molecule has 0 bridgehead atoms. The van der Waals surface area contributed by atoms with Crippen molar-refractivity contribution in [2.24, 2.45) is 0 Å². The predicted molar refractivity (Wildman–Crippen MR) is 92.6 cm³/mol. The summed E-state index contributed by atoms with van der Waals surface area (Å²) in [4.78, 5) is 0. The van der Waals surface area contributed by atoms with Crippen LogP contribution in [0.5, 0.6) is 0 Å². The zero-order chi connectivity index (χ0) is 15.6. The first kappa shape index (κ1) is 20.9. The molecule has 0 aromatic rings. The molecule has 0 aromatic heterocycles. The molecule has 0 amide bonds. The van der Waals surface area contributed by atoms with Crippen LogP contribution in [-0.4, -0.2) is 22.9 Å². The zero-order valence-corrected chi connectivity index (χ0v) is 14.5. The van der Waals surface area contributed by atoms with Crippen molar-refractivity contribution < 1.29 is 10.2 Å². The molecule has 2 N–H and O–H groups in total. The lowest BCUT2D eigenvalue weighted by molar-refractivity contribution is 0.147. The number of hydrogen-bond donors (Lipinski definition) is 2. The summed E-state index contributed by atoms with van der Waals surface area (Å²) in [5.74, 6) is 0. The van der Waals surface area contributed by atoms with Crippen LogP contribution >= 0.6 is 0 Å². The fourth-order valence-electron chi connectivity index (χ4n) is 2.86. The quantitative estimate of drug-likeness (QED) is 0.343. The molecule has 1 atom stereocenters. The van der Waals surface area contributed by atoms with Gasteiger partial charge < -0.3 is 10.2 Å². The topological polar surface area (TPSA) is 40.5 Å². The second kappa shape index (κ2) is 18.0. The Morgan fingerprint density at radius 1 is 0.571 bits per heavy atom. The highest BCUT2D eigenvalue weighted by Gasteiger charge is 2.03. The lowest BCUT2D eigenvalue weighted by Crippen LogP contribution is -2.05. The summed E-state index contributed by atoms with van der Waals surface area (Å²) in [5, 5.41) is 18.6. The van der Waals surface area contributed by atoms with Crippen molar-refractivity contribution in [2.45, 2.75) is 116 Å². The molecule has 0 aliphatic heterocycles. The smallest absolute Gasteiger partial charge is 0.0540 e. The second-order valence-corrected chi connectivity index (χ2v) is 6.55. The number of aliphatic hydroxyl groups is 2. The Hall–Kier alpha value is -0.0800. The maximum atomic E-state index is 9.87. The van der Waals surface area contributed by atoms with Gasteiger partial charge in [-0.1, -0.05) is 90.4 Å². The first-order chi connectivity index (χ1) is 10.3. The van der Waals surface area contributed by atoms with E-state index in [4.69, 9.17) is 5.11 Å². The Balaban J connectivity index is 3.07. The Labute approximate surface area is 133 Å². The summed E-state index contributed by atoms with van der Waals surface area (Å²) in [7, 11) is 0. The van der Waals surface area contributed by atoms with Gasteiger partial charge in [0, 0.05) is 6.61 Å². The number of aliphatic hydroxyl groups excluding tert-OH is 2. The van der Waals surface area contributed by atoms with Gasteiger partial charge in [-0.15, -0.1) is 0 Å². The van der Waals surface area contributed by atoms with Crippen molar-refractivity contribution in [2.75, 3.05) is 6.61 Å². The molecule has 0 saturated heterocycles. The van der Waals surface area contributed by atoms with Crippen LogP contribution in [0, 0.1) is 0 Å². The van der Waals surface area contributed by atoms with Gasteiger partial charge in [0.25, 0.3) is 0 Å². The predicted octanol–water partition coefficient (Wildman–Crippen LogP) is 5.60. The molecule has 0 radical (unpaired) electrons. The monoisotopic (exact) mass is 300 g/mol. The third-order valence-corrected chi connectivity index (χ3v) is 4.34. The summed E-state index contributed by atoms with van der Waals surface area (Å²) in [6.07, 6.45) is 19.7. The van der Waals surface area contributed by atoms with Crippen LogP contribution in [0.25, 0.3) is 0 Å². The van der Waals surface area contributed by atoms with Crippen LogP contribution < -0.4 is 0 Å². The maximum Gasteiger partial charge on any atom is 0.0540 e. The number of rotatable bonds is 17. The lowest BCUT2D eigenvalue weighted by Gasteiger charge is -2.10. The fraction of sp³-hybridized carbons (Fsp3) is 1.00. The molecule has 0 fully saturated rings. The normalized spacial score (nSPS) is 12.7. The molecule has 2 heteroatoms. The first-order valence-corrected chi connectivity index (χ1v) is 9.60. The highest BCUT2D eigenvalue weighted by atomic mass is 16.3. The molecule has 0 aliphatic carbocycles. The van der Waals surface area contributed by atoms with E-state index in [1.165, 1.54) is 83.5 Å². The van der Waals surface area contributed by atoms with Crippen molar-refractivity contribution in [3.05, 3.63) is 0 Å². The molecule has 0 saturated carbocycles. The standard InChI is InChI=1S/C19H40O2/c1-2-3-4-13-16-19(21)17-14-11-9-7-5-6-8-10-12-15-18-20/h19-21H,2-18H2,1H3. The molecule has 21 heavy (non-hydrogen) atoms. The summed E-state index contributed by atoms with van der Waals surface area (Å²) in [5.41, 5.74) is 0. The van der Waals surface area contributed by atoms with E-state index in [1.807, 2.05) is 0 Å². The van der Waals surface area contributed by atoms with E-state index in [0.717, 1.165) is 19.3 Å². The van der Waals surface area contributed by atoms with Crippen LogP contribution in [0.1, 0.15) is 110 Å². The van der Waals surface area contributed by atoms with Crippen LogP contribution in [0.2, 0.25) is 0 Å². The van der Waals surface area contributed by atoms with Crippen molar-refractivity contribution >= 4 is 0 Å². The van der Waals surface area contributed by atoms with Gasteiger partial charge >= 0.3 is 0 Å². The van der Waals surface area contributed by atoms with Crippen molar-refractivity contribution in [1.82, 2.24) is 0 Å². The number of unbranched alkanes of at least 4 members (excludes halogenated alkanes) is 12. The van der Waals surface area contributed by atoms with Gasteiger partial charge in [-0.05, 0) is 19.3 Å². The molecule has 0 spiro atoms. The molecule has 0 aliphatic rings. The largest absolute Gasteiger partial charge is 0.396 e. The highest BCUT2D eigenvalue weighted by Crippen LogP contribution is 2.14. The van der Waals surface area contributed by atoms with E-state index in [1.54, 1.807) is 0 Å². The van der Waals surface area contributed by atoms with Crippen LogP contribution in [0.3, 0.4) is 0 Å². The van der Waals surface area contributed by atoms with Gasteiger partial charge in [0.1, 0.15) is 0 Å². The second-order valence-electron chi connectivity index (χ2n) is 6.55. The summed E-state index contributed by atoms with van der Waals surface area (Å²) >= 11 is 0. The average molecular weight is 301 g/mol. The summed E-state index contributed by atoms with van der Waals surface area (Å²) < 4.78 is 0. The minimum atomic E-state index is -0.0478. The minimum absolute atomic E-state index is 0.0478. The molecular formula is C19H40O2. The van der Waals surface area contributed by atoms with Crippen LogP contribution in [-0.2, 0) is 0 Å². The van der Waals surface area contributed by atoms with Gasteiger partial charge in [0.15, 0.2) is 0 Å². The van der Waals surface area contributed by atoms with E-state index in [9.17, 15) is 5.11 Å².